The Balaban J connectivity index is 1.58. The first-order valence-corrected chi connectivity index (χ1v) is 8.93. The third-order valence-electron chi connectivity index (χ3n) is 4.50. The van der Waals surface area contributed by atoms with Crippen molar-refractivity contribution in [2.75, 3.05) is 0 Å². The minimum absolute atomic E-state index is 0.221. The van der Waals surface area contributed by atoms with E-state index in [4.69, 9.17) is 14.2 Å². The molecular formula is C22H26O3. The lowest BCUT2D eigenvalue weighted by Gasteiger charge is -2.34. The molecule has 2 aromatic rings. The molecule has 3 atom stereocenters. The van der Waals surface area contributed by atoms with Crippen molar-refractivity contribution in [2.24, 2.45) is 0 Å². The molecular weight excluding hydrogens is 312 g/mol. The zero-order valence-corrected chi connectivity index (χ0v) is 15.0. The number of hydrogen-bond acceptors (Lipinski definition) is 3. The fourth-order valence-electron chi connectivity index (χ4n) is 2.96. The van der Waals surface area contributed by atoms with Crippen LogP contribution < -0.4 is 4.74 Å². The van der Waals surface area contributed by atoms with Gasteiger partial charge in [0.1, 0.15) is 12.4 Å². The van der Waals surface area contributed by atoms with Gasteiger partial charge in [0.2, 0.25) is 0 Å². The Morgan fingerprint density at radius 1 is 1.08 bits per heavy atom. The van der Waals surface area contributed by atoms with E-state index in [1.807, 2.05) is 42.5 Å². The molecule has 2 aromatic carbocycles. The molecule has 0 saturated carbocycles. The van der Waals surface area contributed by atoms with Gasteiger partial charge in [0, 0.05) is 5.56 Å². The number of rotatable bonds is 6. The maximum Gasteiger partial charge on any atom is 0.184 e. The summed E-state index contributed by atoms with van der Waals surface area (Å²) in [5, 5.41) is 0. The van der Waals surface area contributed by atoms with Crippen LogP contribution in [0.25, 0.3) is 6.08 Å². The van der Waals surface area contributed by atoms with Gasteiger partial charge >= 0.3 is 0 Å². The van der Waals surface area contributed by atoms with Crippen molar-refractivity contribution in [1.82, 2.24) is 0 Å². The predicted molar refractivity (Wildman–Crippen MR) is 100 cm³/mol. The van der Waals surface area contributed by atoms with Crippen LogP contribution in [0.5, 0.6) is 5.75 Å². The zero-order valence-electron chi connectivity index (χ0n) is 15.0. The molecule has 0 bridgehead atoms. The van der Waals surface area contributed by atoms with Gasteiger partial charge in [-0.25, -0.2) is 0 Å². The van der Waals surface area contributed by atoms with E-state index in [2.05, 4.69) is 32.6 Å². The first-order chi connectivity index (χ1) is 12.2. The van der Waals surface area contributed by atoms with Gasteiger partial charge in [0.05, 0.1) is 12.2 Å². The monoisotopic (exact) mass is 338 g/mol. The van der Waals surface area contributed by atoms with Crippen molar-refractivity contribution in [3.8, 4) is 5.75 Å². The molecule has 0 N–H and O–H groups in total. The molecule has 1 saturated heterocycles. The van der Waals surface area contributed by atoms with Gasteiger partial charge in [-0.05, 0) is 43.0 Å². The molecule has 0 aliphatic carbocycles. The molecule has 3 unspecified atom stereocenters. The lowest BCUT2D eigenvalue weighted by molar-refractivity contribution is -0.243. The van der Waals surface area contributed by atoms with Gasteiger partial charge in [-0.2, -0.15) is 0 Å². The van der Waals surface area contributed by atoms with Gasteiger partial charge in [0.25, 0.3) is 0 Å². The van der Waals surface area contributed by atoms with E-state index in [0.29, 0.717) is 6.61 Å². The van der Waals surface area contributed by atoms with E-state index in [0.717, 1.165) is 35.3 Å². The molecule has 1 heterocycles. The first kappa shape index (κ1) is 17.7. The van der Waals surface area contributed by atoms with E-state index in [-0.39, 0.29) is 18.5 Å². The van der Waals surface area contributed by atoms with E-state index in [1.165, 1.54) is 0 Å². The second-order valence-corrected chi connectivity index (χ2v) is 6.48. The predicted octanol–water partition coefficient (Wildman–Crippen LogP) is 5.51. The van der Waals surface area contributed by atoms with Gasteiger partial charge in [-0.3, -0.25) is 0 Å². The molecule has 0 aromatic heterocycles. The van der Waals surface area contributed by atoms with E-state index in [1.54, 1.807) is 0 Å². The second-order valence-electron chi connectivity index (χ2n) is 6.48. The Morgan fingerprint density at radius 2 is 1.80 bits per heavy atom. The molecule has 3 heteroatoms. The van der Waals surface area contributed by atoms with Crippen LogP contribution in [0.15, 0.2) is 55.1 Å². The molecule has 0 amide bonds. The molecule has 1 aliphatic heterocycles. The molecule has 1 fully saturated rings. The zero-order chi connectivity index (χ0) is 17.6. The fourth-order valence-corrected chi connectivity index (χ4v) is 2.96. The summed E-state index contributed by atoms with van der Waals surface area (Å²) in [5.74, 6) is 0.840. The minimum Gasteiger partial charge on any atom is -0.489 e. The van der Waals surface area contributed by atoms with Crippen LogP contribution in [0.1, 0.15) is 49.7 Å². The van der Waals surface area contributed by atoms with Crippen molar-refractivity contribution in [1.29, 1.82) is 0 Å². The number of ether oxygens (including phenoxy) is 3. The van der Waals surface area contributed by atoms with Gasteiger partial charge in [0.15, 0.2) is 6.29 Å². The summed E-state index contributed by atoms with van der Waals surface area (Å²) < 4.78 is 17.8. The molecule has 0 spiro atoms. The summed E-state index contributed by atoms with van der Waals surface area (Å²) in [6.07, 6.45) is 4.01. The van der Waals surface area contributed by atoms with Crippen LogP contribution in [-0.4, -0.2) is 12.2 Å². The van der Waals surface area contributed by atoms with Crippen molar-refractivity contribution in [3.05, 3.63) is 71.8 Å². The topological polar surface area (TPSA) is 27.7 Å². The summed E-state index contributed by atoms with van der Waals surface area (Å²) >= 11 is 0. The Bertz CT molecular complexity index is 675. The summed E-state index contributed by atoms with van der Waals surface area (Å²) in [6.45, 7) is 8.56. The molecule has 25 heavy (non-hydrogen) atoms. The highest BCUT2D eigenvalue weighted by Gasteiger charge is 2.27. The Kier molecular flexibility index (Phi) is 5.90. The Labute approximate surface area is 150 Å². The largest absolute Gasteiger partial charge is 0.489 e. The van der Waals surface area contributed by atoms with Crippen molar-refractivity contribution < 1.29 is 14.2 Å². The summed E-state index contributed by atoms with van der Waals surface area (Å²) in [7, 11) is 0. The van der Waals surface area contributed by atoms with Crippen LogP contribution in [0.2, 0.25) is 0 Å². The summed E-state index contributed by atoms with van der Waals surface area (Å²) in [4.78, 5) is 0. The Hall–Kier alpha value is -2.10. The highest BCUT2D eigenvalue weighted by molar-refractivity contribution is 5.47. The lowest BCUT2D eigenvalue weighted by atomic mass is 10.1. The number of benzene rings is 2. The molecule has 132 valence electrons. The highest BCUT2D eigenvalue weighted by Crippen LogP contribution is 2.31. The van der Waals surface area contributed by atoms with Gasteiger partial charge in [-0.1, -0.05) is 56.0 Å². The number of hydrogen-bond donors (Lipinski definition) is 0. The van der Waals surface area contributed by atoms with E-state index < -0.39 is 0 Å². The first-order valence-electron chi connectivity index (χ1n) is 8.93. The normalized spacial score (nSPS) is 23.2. The van der Waals surface area contributed by atoms with E-state index >= 15 is 0 Å². The summed E-state index contributed by atoms with van der Waals surface area (Å²) in [6, 6.07) is 16.2. The minimum atomic E-state index is -0.283. The second kappa shape index (κ2) is 8.32. The van der Waals surface area contributed by atoms with Crippen LogP contribution in [-0.2, 0) is 16.1 Å². The quantitative estimate of drug-likeness (QED) is 0.695. The van der Waals surface area contributed by atoms with Gasteiger partial charge in [-0.15, -0.1) is 0 Å². The van der Waals surface area contributed by atoms with Gasteiger partial charge < -0.3 is 14.2 Å². The fraction of sp³-hybridized carbons (Fsp3) is 0.364. The lowest BCUT2D eigenvalue weighted by Crippen LogP contribution is -2.31. The molecule has 3 rings (SSSR count). The average molecular weight is 338 g/mol. The van der Waals surface area contributed by atoms with Crippen molar-refractivity contribution in [2.45, 2.75) is 51.8 Å². The average Bonchev–Trinajstić information content (AvgIpc) is 2.66. The molecule has 3 nitrogen and oxygen atoms in total. The maximum absolute atomic E-state index is 6.01. The van der Waals surface area contributed by atoms with Crippen LogP contribution in [0, 0.1) is 0 Å². The highest BCUT2D eigenvalue weighted by atomic mass is 16.7. The SMILES string of the molecule is C=Cc1ccc(COc2ccc(C3OC(C)CC(CC)O3)cc2)cc1. The molecule has 1 aliphatic rings. The summed E-state index contributed by atoms with van der Waals surface area (Å²) in [5.41, 5.74) is 3.28. The molecule has 0 radical (unpaired) electrons. The third kappa shape index (κ3) is 4.71. The third-order valence-corrected chi connectivity index (χ3v) is 4.50. The van der Waals surface area contributed by atoms with Crippen molar-refractivity contribution in [3.63, 3.8) is 0 Å². The smallest absolute Gasteiger partial charge is 0.184 e. The van der Waals surface area contributed by atoms with E-state index in [9.17, 15) is 0 Å². The van der Waals surface area contributed by atoms with Crippen molar-refractivity contribution >= 4 is 6.08 Å². The van der Waals surface area contributed by atoms with Crippen LogP contribution in [0.3, 0.4) is 0 Å². The maximum atomic E-state index is 6.01. The van der Waals surface area contributed by atoms with Crippen LogP contribution >= 0.6 is 0 Å². The van der Waals surface area contributed by atoms with Crippen LogP contribution in [0.4, 0.5) is 0 Å². The standard InChI is InChI=1S/C22H26O3/c1-4-17-6-8-18(9-7-17)15-23-21-12-10-19(11-13-21)22-24-16(3)14-20(5-2)25-22/h4,6-13,16,20,22H,1,5,14-15H2,2-3H3. The Morgan fingerprint density at radius 3 is 2.44 bits per heavy atom.